The average Bonchev–Trinajstić information content (AvgIpc) is 2.83. The maximum Gasteiger partial charge on any atom is 0.253 e. The molecule has 0 fully saturated rings. The van der Waals surface area contributed by atoms with Crippen LogP contribution in [0.25, 0.3) is 0 Å². The van der Waals surface area contributed by atoms with Gasteiger partial charge in [0.1, 0.15) is 4.21 Å². The highest BCUT2D eigenvalue weighted by Gasteiger charge is 2.30. The second-order valence-electron chi connectivity index (χ2n) is 5.78. The van der Waals surface area contributed by atoms with Crippen LogP contribution in [-0.4, -0.2) is 49.7 Å². The van der Waals surface area contributed by atoms with Gasteiger partial charge in [0.2, 0.25) is 11.8 Å². The number of halogens is 1. The SMILES string of the molecule is CC(C)NC(=O)CN(CC(=O)NC(C)C)S(=O)(=O)c1ccc(Br)s1. The molecule has 2 amide bonds. The number of rotatable bonds is 8. The number of carbonyl (C=O) groups is 2. The number of nitrogens with zero attached hydrogens (tertiary/aromatic N) is 1. The highest BCUT2D eigenvalue weighted by Crippen LogP contribution is 2.28. The van der Waals surface area contributed by atoms with E-state index >= 15 is 0 Å². The van der Waals surface area contributed by atoms with Crippen LogP contribution in [0.1, 0.15) is 27.7 Å². The number of nitrogens with one attached hydrogen (secondary N) is 2. The van der Waals surface area contributed by atoms with Crippen LogP contribution in [-0.2, 0) is 19.6 Å². The average molecular weight is 440 g/mol. The number of carbonyl (C=O) groups excluding carboxylic acids is 2. The summed E-state index contributed by atoms with van der Waals surface area (Å²) in [5.41, 5.74) is 0. The number of amides is 2. The molecule has 0 atom stereocenters. The van der Waals surface area contributed by atoms with Gasteiger partial charge in [0, 0.05) is 12.1 Å². The van der Waals surface area contributed by atoms with Crippen LogP contribution in [0.4, 0.5) is 0 Å². The zero-order valence-electron chi connectivity index (χ0n) is 14.0. The Morgan fingerprint density at radius 1 is 1.08 bits per heavy atom. The fraction of sp³-hybridized carbons (Fsp3) is 0.571. The summed E-state index contributed by atoms with van der Waals surface area (Å²) in [5, 5.41) is 5.27. The molecule has 0 bridgehead atoms. The van der Waals surface area contributed by atoms with Gasteiger partial charge in [-0.05, 0) is 55.8 Å². The molecular weight excluding hydrogens is 418 g/mol. The summed E-state index contributed by atoms with van der Waals surface area (Å²) in [6.45, 7) is 6.28. The van der Waals surface area contributed by atoms with Gasteiger partial charge in [0.05, 0.1) is 16.9 Å². The lowest BCUT2D eigenvalue weighted by Crippen LogP contribution is -2.47. The molecule has 0 aliphatic rings. The molecule has 0 spiro atoms. The van der Waals surface area contributed by atoms with Crippen molar-refractivity contribution in [2.75, 3.05) is 13.1 Å². The topological polar surface area (TPSA) is 95.6 Å². The Morgan fingerprint density at radius 2 is 1.54 bits per heavy atom. The number of sulfonamides is 1. The first kappa shape index (κ1) is 21.1. The van der Waals surface area contributed by atoms with Crippen molar-refractivity contribution in [2.24, 2.45) is 0 Å². The Balaban J connectivity index is 3.03. The van der Waals surface area contributed by atoms with E-state index in [1.165, 1.54) is 6.07 Å². The van der Waals surface area contributed by atoms with Crippen molar-refractivity contribution in [3.8, 4) is 0 Å². The number of hydrogen-bond acceptors (Lipinski definition) is 5. The quantitative estimate of drug-likeness (QED) is 0.641. The van der Waals surface area contributed by atoms with E-state index in [-0.39, 0.29) is 16.3 Å². The molecule has 1 heterocycles. The molecule has 10 heteroatoms. The van der Waals surface area contributed by atoms with Crippen LogP contribution in [0.15, 0.2) is 20.1 Å². The van der Waals surface area contributed by atoms with Crippen molar-refractivity contribution in [1.29, 1.82) is 0 Å². The minimum Gasteiger partial charge on any atom is -0.353 e. The summed E-state index contributed by atoms with van der Waals surface area (Å²) in [6.07, 6.45) is 0. The lowest BCUT2D eigenvalue weighted by Gasteiger charge is -2.21. The predicted octanol–water partition coefficient (Wildman–Crippen LogP) is 1.55. The lowest BCUT2D eigenvalue weighted by molar-refractivity contribution is -0.123. The first-order chi connectivity index (χ1) is 11.0. The first-order valence-corrected chi connectivity index (χ1v) is 10.4. The van der Waals surface area contributed by atoms with Gasteiger partial charge in [-0.15, -0.1) is 11.3 Å². The van der Waals surface area contributed by atoms with Gasteiger partial charge in [0.15, 0.2) is 0 Å². The summed E-state index contributed by atoms with van der Waals surface area (Å²) in [6, 6.07) is 2.81. The van der Waals surface area contributed by atoms with Crippen LogP contribution in [0.5, 0.6) is 0 Å². The minimum absolute atomic E-state index is 0.0732. The highest BCUT2D eigenvalue weighted by molar-refractivity contribution is 9.11. The van der Waals surface area contributed by atoms with Gasteiger partial charge in [-0.2, -0.15) is 4.31 Å². The van der Waals surface area contributed by atoms with Crippen LogP contribution < -0.4 is 10.6 Å². The fourth-order valence-electron chi connectivity index (χ4n) is 1.85. The van der Waals surface area contributed by atoms with Gasteiger partial charge < -0.3 is 10.6 Å². The molecule has 0 saturated heterocycles. The summed E-state index contributed by atoms with van der Waals surface area (Å²) in [5.74, 6) is -0.914. The lowest BCUT2D eigenvalue weighted by atomic mass is 10.3. The Hall–Kier alpha value is -0.970. The predicted molar refractivity (Wildman–Crippen MR) is 97.3 cm³/mol. The fourth-order valence-corrected chi connectivity index (χ4v) is 5.36. The molecule has 1 aromatic heterocycles. The highest BCUT2D eigenvalue weighted by atomic mass is 79.9. The molecule has 0 unspecified atom stereocenters. The molecule has 0 aliphatic heterocycles. The van der Waals surface area contributed by atoms with E-state index in [0.717, 1.165) is 15.6 Å². The molecule has 2 N–H and O–H groups in total. The Morgan fingerprint density at radius 3 is 1.88 bits per heavy atom. The van der Waals surface area contributed by atoms with E-state index in [1.54, 1.807) is 33.8 Å². The second kappa shape index (κ2) is 8.93. The second-order valence-corrected chi connectivity index (χ2v) is 10.4. The molecule has 1 rings (SSSR count). The van der Waals surface area contributed by atoms with Crippen LogP contribution >= 0.6 is 27.3 Å². The summed E-state index contributed by atoms with van der Waals surface area (Å²) in [4.78, 5) is 24.0. The molecule has 0 aromatic carbocycles. The van der Waals surface area contributed by atoms with E-state index in [4.69, 9.17) is 0 Å². The summed E-state index contributed by atoms with van der Waals surface area (Å²) in [7, 11) is -3.94. The minimum atomic E-state index is -3.94. The van der Waals surface area contributed by atoms with Crippen molar-refractivity contribution < 1.29 is 18.0 Å². The van der Waals surface area contributed by atoms with Crippen molar-refractivity contribution in [1.82, 2.24) is 14.9 Å². The van der Waals surface area contributed by atoms with Crippen molar-refractivity contribution in [3.05, 3.63) is 15.9 Å². The molecule has 0 aliphatic carbocycles. The van der Waals surface area contributed by atoms with Crippen LogP contribution in [0.3, 0.4) is 0 Å². The smallest absolute Gasteiger partial charge is 0.253 e. The molecule has 136 valence electrons. The summed E-state index contributed by atoms with van der Waals surface area (Å²) >= 11 is 4.25. The molecule has 24 heavy (non-hydrogen) atoms. The van der Waals surface area contributed by atoms with Gasteiger partial charge in [-0.1, -0.05) is 0 Å². The van der Waals surface area contributed by atoms with Gasteiger partial charge >= 0.3 is 0 Å². The van der Waals surface area contributed by atoms with Crippen molar-refractivity contribution in [3.63, 3.8) is 0 Å². The largest absolute Gasteiger partial charge is 0.353 e. The third kappa shape index (κ3) is 6.50. The van der Waals surface area contributed by atoms with Gasteiger partial charge in [-0.3, -0.25) is 9.59 Å². The normalized spacial score (nSPS) is 12.0. The third-order valence-electron chi connectivity index (χ3n) is 2.68. The van der Waals surface area contributed by atoms with Crippen LogP contribution in [0, 0.1) is 0 Å². The number of thiophene rings is 1. The summed E-state index contributed by atoms with van der Waals surface area (Å²) < 4.78 is 27.1. The molecule has 0 radical (unpaired) electrons. The first-order valence-electron chi connectivity index (χ1n) is 7.36. The zero-order valence-corrected chi connectivity index (χ0v) is 17.2. The van der Waals surface area contributed by atoms with E-state index in [1.807, 2.05) is 0 Å². The molecular formula is C14H22BrN3O4S2. The maximum absolute atomic E-state index is 12.7. The molecule has 1 aromatic rings. The molecule has 7 nitrogen and oxygen atoms in total. The van der Waals surface area contributed by atoms with Crippen molar-refractivity contribution in [2.45, 2.75) is 44.0 Å². The Labute approximate surface area is 155 Å². The Bertz CT molecular complexity index is 662. The van der Waals surface area contributed by atoms with Crippen molar-refractivity contribution >= 4 is 49.1 Å². The Kier molecular flexibility index (Phi) is 7.84. The van der Waals surface area contributed by atoms with E-state index < -0.39 is 34.9 Å². The van der Waals surface area contributed by atoms with Gasteiger partial charge in [0.25, 0.3) is 10.0 Å². The molecule has 0 saturated carbocycles. The zero-order chi connectivity index (χ0) is 18.5. The third-order valence-corrected chi connectivity index (χ3v) is 6.56. The maximum atomic E-state index is 12.7. The van der Waals surface area contributed by atoms with E-state index in [9.17, 15) is 18.0 Å². The van der Waals surface area contributed by atoms with E-state index in [0.29, 0.717) is 3.79 Å². The van der Waals surface area contributed by atoms with E-state index in [2.05, 4.69) is 26.6 Å². The van der Waals surface area contributed by atoms with Crippen LogP contribution in [0.2, 0.25) is 0 Å². The monoisotopic (exact) mass is 439 g/mol. The standard InChI is InChI=1S/C14H22BrN3O4S2/c1-9(2)16-12(19)7-18(8-13(20)17-10(3)4)24(21,22)14-6-5-11(15)23-14/h5-6,9-10H,7-8H2,1-4H3,(H,16,19)(H,17,20). The number of hydrogen-bond donors (Lipinski definition) is 2. The van der Waals surface area contributed by atoms with Gasteiger partial charge in [-0.25, -0.2) is 8.42 Å².